The molecule has 0 unspecified atom stereocenters. The van der Waals surface area contributed by atoms with Crippen molar-refractivity contribution in [2.24, 2.45) is 0 Å². The highest BCUT2D eigenvalue weighted by atomic mass is 32.1. The Labute approximate surface area is 115 Å². The van der Waals surface area contributed by atoms with Gasteiger partial charge in [0, 0.05) is 0 Å². The van der Waals surface area contributed by atoms with Crippen molar-refractivity contribution in [1.29, 1.82) is 0 Å². The van der Waals surface area contributed by atoms with Crippen LogP contribution in [0, 0.1) is 6.92 Å². The third-order valence-corrected chi connectivity index (χ3v) is 3.20. The highest BCUT2D eigenvalue weighted by Gasteiger charge is 2.08. The van der Waals surface area contributed by atoms with Gasteiger partial charge in [-0.3, -0.25) is 0 Å². The summed E-state index contributed by atoms with van der Waals surface area (Å²) in [4.78, 5) is 0. The molecule has 18 heavy (non-hydrogen) atoms. The first kappa shape index (κ1) is 15.2. The van der Waals surface area contributed by atoms with Gasteiger partial charge >= 0.3 is 0 Å². The lowest BCUT2D eigenvalue weighted by Gasteiger charge is -2.13. The number of thiol groups is 1. The van der Waals surface area contributed by atoms with Gasteiger partial charge in [-0.05, 0) is 61.9 Å². The van der Waals surface area contributed by atoms with Crippen LogP contribution in [0.5, 0.6) is 11.5 Å². The summed E-state index contributed by atoms with van der Waals surface area (Å²) in [5.74, 6) is 2.78. The van der Waals surface area contributed by atoms with Crippen molar-refractivity contribution >= 4 is 12.6 Å². The van der Waals surface area contributed by atoms with Crippen LogP contribution in [0.3, 0.4) is 0 Å². The smallest absolute Gasteiger partial charge is 0.122 e. The van der Waals surface area contributed by atoms with Gasteiger partial charge in [0.05, 0.1) is 14.2 Å². The van der Waals surface area contributed by atoms with Crippen molar-refractivity contribution in [2.45, 2.75) is 19.8 Å². The van der Waals surface area contributed by atoms with Crippen LogP contribution >= 0.6 is 12.6 Å². The van der Waals surface area contributed by atoms with E-state index in [4.69, 9.17) is 9.47 Å². The minimum atomic E-state index is 0.918. The number of methoxy groups -OCH3 is 2. The summed E-state index contributed by atoms with van der Waals surface area (Å²) in [6.45, 7) is 3.97. The zero-order valence-electron chi connectivity index (χ0n) is 11.5. The van der Waals surface area contributed by atoms with Gasteiger partial charge in [-0.15, -0.1) is 0 Å². The first-order chi connectivity index (χ1) is 8.72. The molecule has 102 valence electrons. The van der Waals surface area contributed by atoms with Gasteiger partial charge in [-0.1, -0.05) is 0 Å². The molecule has 4 heteroatoms. The number of hydrogen-bond acceptors (Lipinski definition) is 4. The number of benzene rings is 1. The largest absolute Gasteiger partial charge is 0.496 e. The maximum Gasteiger partial charge on any atom is 0.122 e. The van der Waals surface area contributed by atoms with Crippen molar-refractivity contribution in [3.8, 4) is 11.5 Å². The summed E-state index contributed by atoms with van der Waals surface area (Å²) < 4.78 is 10.8. The maximum absolute atomic E-state index is 5.41. The summed E-state index contributed by atoms with van der Waals surface area (Å²) in [6.07, 6.45) is 2.03. The number of ether oxygens (including phenoxy) is 2. The summed E-state index contributed by atoms with van der Waals surface area (Å²) >= 11 is 4.18. The lowest BCUT2D eigenvalue weighted by Crippen LogP contribution is -2.19. The van der Waals surface area contributed by atoms with Crippen molar-refractivity contribution in [3.05, 3.63) is 23.3 Å². The van der Waals surface area contributed by atoms with Gasteiger partial charge in [0.1, 0.15) is 11.5 Å². The summed E-state index contributed by atoms with van der Waals surface area (Å²) in [7, 11) is 3.41. The molecule has 1 aromatic rings. The van der Waals surface area contributed by atoms with E-state index >= 15 is 0 Å². The molecule has 0 radical (unpaired) electrons. The Hall–Kier alpha value is -0.870. The Morgan fingerprint density at radius 1 is 1.11 bits per heavy atom. The van der Waals surface area contributed by atoms with E-state index in [0.29, 0.717) is 0 Å². The van der Waals surface area contributed by atoms with Crippen LogP contribution in [0.2, 0.25) is 0 Å². The molecule has 0 aliphatic heterocycles. The van der Waals surface area contributed by atoms with E-state index in [1.54, 1.807) is 14.2 Å². The predicted molar refractivity (Wildman–Crippen MR) is 79.3 cm³/mol. The van der Waals surface area contributed by atoms with E-state index in [1.165, 1.54) is 5.56 Å². The summed E-state index contributed by atoms with van der Waals surface area (Å²) in [5, 5.41) is 3.39. The number of hydrogen-bond donors (Lipinski definition) is 2. The standard InChI is InChI=1S/C14H23NO2S/c1-11-9-14(17-3)12(10-13(11)16-2)5-7-15-6-4-8-18/h9-10,15,18H,4-8H2,1-3H3. The number of aryl methyl sites for hydroxylation is 1. The highest BCUT2D eigenvalue weighted by molar-refractivity contribution is 7.80. The lowest BCUT2D eigenvalue weighted by atomic mass is 10.1. The van der Waals surface area contributed by atoms with Gasteiger partial charge in [-0.2, -0.15) is 12.6 Å². The second-order valence-corrected chi connectivity index (χ2v) is 4.66. The lowest BCUT2D eigenvalue weighted by molar-refractivity contribution is 0.396. The fraction of sp³-hybridized carbons (Fsp3) is 0.571. The Morgan fingerprint density at radius 3 is 2.44 bits per heavy atom. The second kappa shape index (κ2) is 8.27. The number of rotatable bonds is 8. The van der Waals surface area contributed by atoms with Gasteiger partial charge in [0.25, 0.3) is 0 Å². The van der Waals surface area contributed by atoms with Gasteiger partial charge < -0.3 is 14.8 Å². The van der Waals surface area contributed by atoms with Crippen molar-refractivity contribution < 1.29 is 9.47 Å². The number of nitrogens with one attached hydrogen (secondary N) is 1. The maximum atomic E-state index is 5.41. The van der Waals surface area contributed by atoms with Crippen LogP contribution in [-0.2, 0) is 6.42 Å². The Morgan fingerprint density at radius 2 is 1.83 bits per heavy atom. The normalized spacial score (nSPS) is 10.4. The average molecular weight is 269 g/mol. The topological polar surface area (TPSA) is 30.5 Å². The molecule has 0 saturated carbocycles. The van der Waals surface area contributed by atoms with Gasteiger partial charge in [0.2, 0.25) is 0 Å². The molecule has 0 aromatic heterocycles. The molecule has 0 atom stereocenters. The molecule has 0 saturated heterocycles. The molecule has 1 aromatic carbocycles. The van der Waals surface area contributed by atoms with Crippen LogP contribution in [-0.4, -0.2) is 33.1 Å². The molecule has 0 aliphatic rings. The SMILES string of the molecule is COc1cc(CCNCCCS)c(OC)cc1C. The third kappa shape index (κ3) is 4.42. The average Bonchev–Trinajstić information content (AvgIpc) is 2.39. The Balaban J connectivity index is 2.62. The van der Waals surface area contributed by atoms with Gasteiger partial charge in [0.15, 0.2) is 0 Å². The molecule has 3 nitrogen and oxygen atoms in total. The van der Waals surface area contributed by atoms with Crippen LogP contribution in [0.1, 0.15) is 17.5 Å². The molecule has 0 bridgehead atoms. The summed E-state index contributed by atoms with van der Waals surface area (Å²) in [6, 6.07) is 4.09. The highest BCUT2D eigenvalue weighted by Crippen LogP contribution is 2.28. The van der Waals surface area contributed by atoms with E-state index in [0.717, 1.165) is 48.7 Å². The molecular formula is C14H23NO2S. The van der Waals surface area contributed by atoms with Crippen LogP contribution in [0.15, 0.2) is 12.1 Å². The van der Waals surface area contributed by atoms with E-state index < -0.39 is 0 Å². The molecular weight excluding hydrogens is 246 g/mol. The van der Waals surface area contributed by atoms with E-state index in [9.17, 15) is 0 Å². The van der Waals surface area contributed by atoms with Gasteiger partial charge in [-0.25, -0.2) is 0 Å². The van der Waals surface area contributed by atoms with E-state index in [2.05, 4.69) is 24.0 Å². The minimum Gasteiger partial charge on any atom is -0.496 e. The van der Waals surface area contributed by atoms with Crippen LogP contribution in [0.25, 0.3) is 0 Å². The van der Waals surface area contributed by atoms with Crippen LogP contribution < -0.4 is 14.8 Å². The van der Waals surface area contributed by atoms with Crippen molar-refractivity contribution in [2.75, 3.05) is 33.1 Å². The zero-order chi connectivity index (χ0) is 13.4. The monoisotopic (exact) mass is 269 g/mol. The van der Waals surface area contributed by atoms with E-state index in [-0.39, 0.29) is 0 Å². The predicted octanol–water partition coefficient (Wildman–Crippen LogP) is 2.46. The fourth-order valence-corrected chi connectivity index (χ4v) is 2.02. The summed E-state index contributed by atoms with van der Waals surface area (Å²) in [5.41, 5.74) is 2.28. The third-order valence-electron chi connectivity index (χ3n) is 2.88. The Bertz CT molecular complexity index is 369. The molecule has 0 amide bonds. The molecule has 0 aliphatic carbocycles. The molecule has 0 heterocycles. The zero-order valence-corrected chi connectivity index (χ0v) is 12.3. The molecule has 1 rings (SSSR count). The molecule has 0 fully saturated rings. The molecule has 1 N–H and O–H groups in total. The Kier molecular flexibility index (Phi) is 6.98. The van der Waals surface area contributed by atoms with Crippen molar-refractivity contribution in [1.82, 2.24) is 5.32 Å². The second-order valence-electron chi connectivity index (χ2n) is 4.21. The van der Waals surface area contributed by atoms with E-state index in [1.807, 2.05) is 13.0 Å². The first-order valence-electron chi connectivity index (χ1n) is 6.26. The minimum absolute atomic E-state index is 0.918. The molecule has 0 spiro atoms. The first-order valence-corrected chi connectivity index (χ1v) is 6.89. The van der Waals surface area contributed by atoms with Crippen molar-refractivity contribution in [3.63, 3.8) is 0 Å². The quantitative estimate of drug-likeness (QED) is 0.561. The fourth-order valence-electron chi connectivity index (χ4n) is 1.86. The van der Waals surface area contributed by atoms with Crippen LogP contribution in [0.4, 0.5) is 0 Å².